The van der Waals surface area contributed by atoms with E-state index in [0.717, 1.165) is 5.75 Å². The Morgan fingerprint density at radius 1 is 1.07 bits per heavy atom. The Bertz CT molecular complexity index is 300. The fraction of sp³-hybridized carbons (Fsp3) is 0.538. The molecule has 0 atom stereocenters. The quantitative estimate of drug-likeness (QED) is 0.705. The van der Waals surface area contributed by atoms with E-state index in [0.29, 0.717) is 5.92 Å². The molecule has 0 N–H and O–H groups in total. The molecule has 1 rings (SSSR count). The topological polar surface area (TPSA) is 9.23 Å². The summed E-state index contributed by atoms with van der Waals surface area (Å²) in [5.74, 6) is 1.56. The smallest absolute Gasteiger partial charge is 0.119 e. The molecule has 0 saturated carbocycles. The maximum Gasteiger partial charge on any atom is 0.119 e. The van der Waals surface area contributed by atoms with E-state index < -0.39 is 0 Å². The van der Waals surface area contributed by atoms with Gasteiger partial charge in [0, 0.05) is 0 Å². The average Bonchev–Trinajstić information content (AvgIpc) is 2.01. The number of hydrogen-bond donors (Lipinski definition) is 0. The standard InChI is InChI=1S/C13H20O/c1-9(2)13-7-6-12(8-11(13)5)14-10(3)4/h6-10H,1-5H3. The lowest BCUT2D eigenvalue weighted by atomic mass is 9.98. The van der Waals surface area contributed by atoms with Gasteiger partial charge in [0.15, 0.2) is 0 Å². The molecular weight excluding hydrogens is 172 g/mol. The Morgan fingerprint density at radius 3 is 2.14 bits per heavy atom. The molecule has 0 spiro atoms. The van der Waals surface area contributed by atoms with Crippen molar-refractivity contribution in [2.24, 2.45) is 0 Å². The number of rotatable bonds is 3. The number of benzene rings is 1. The second kappa shape index (κ2) is 4.50. The van der Waals surface area contributed by atoms with Gasteiger partial charge in [-0.05, 0) is 49.9 Å². The maximum absolute atomic E-state index is 5.63. The van der Waals surface area contributed by atoms with Crippen LogP contribution in [0.15, 0.2) is 18.2 Å². The van der Waals surface area contributed by atoms with Gasteiger partial charge in [-0.3, -0.25) is 0 Å². The third kappa shape index (κ3) is 2.76. The molecule has 0 unspecified atom stereocenters. The second-order valence-corrected chi connectivity index (χ2v) is 4.34. The highest BCUT2D eigenvalue weighted by Crippen LogP contribution is 2.23. The normalized spacial score (nSPS) is 11.1. The Morgan fingerprint density at radius 2 is 1.71 bits per heavy atom. The molecule has 14 heavy (non-hydrogen) atoms. The minimum atomic E-state index is 0.249. The third-order valence-electron chi connectivity index (χ3n) is 2.24. The molecule has 0 radical (unpaired) electrons. The zero-order valence-corrected chi connectivity index (χ0v) is 9.79. The fourth-order valence-corrected chi connectivity index (χ4v) is 1.64. The molecule has 0 aliphatic heterocycles. The van der Waals surface area contributed by atoms with Crippen molar-refractivity contribution in [3.8, 4) is 5.75 Å². The summed E-state index contributed by atoms with van der Waals surface area (Å²) >= 11 is 0. The first-order valence-electron chi connectivity index (χ1n) is 5.28. The zero-order valence-electron chi connectivity index (χ0n) is 9.79. The van der Waals surface area contributed by atoms with Crippen LogP contribution >= 0.6 is 0 Å². The molecule has 1 nitrogen and oxygen atoms in total. The van der Waals surface area contributed by atoms with E-state index in [2.05, 4.69) is 39.0 Å². The highest BCUT2D eigenvalue weighted by molar-refractivity contribution is 5.36. The molecule has 1 aromatic carbocycles. The first kappa shape index (κ1) is 11.1. The monoisotopic (exact) mass is 192 g/mol. The predicted octanol–water partition coefficient (Wildman–Crippen LogP) is 3.91. The van der Waals surface area contributed by atoms with Gasteiger partial charge < -0.3 is 4.74 Å². The summed E-state index contributed by atoms with van der Waals surface area (Å²) < 4.78 is 5.63. The van der Waals surface area contributed by atoms with Crippen molar-refractivity contribution in [3.05, 3.63) is 29.3 Å². The largest absolute Gasteiger partial charge is 0.491 e. The Hall–Kier alpha value is -0.980. The summed E-state index contributed by atoms with van der Waals surface area (Å²) in [5, 5.41) is 0. The van der Waals surface area contributed by atoms with Gasteiger partial charge >= 0.3 is 0 Å². The molecule has 1 aromatic rings. The molecule has 0 amide bonds. The SMILES string of the molecule is Cc1cc(OC(C)C)ccc1C(C)C. The molecule has 0 saturated heterocycles. The third-order valence-corrected chi connectivity index (χ3v) is 2.24. The summed E-state index contributed by atoms with van der Waals surface area (Å²) in [5.41, 5.74) is 2.72. The molecule has 0 aromatic heterocycles. The van der Waals surface area contributed by atoms with E-state index in [1.165, 1.54) is 11.1 Å². The van der Waals surface area contributed by atoms with Crippen LogP contribution in [0.1, 0.15) is 44.7 Å². The molecule has 0 bridgehead atoms. The molecular formula is C13H20O. The lowest BCUT2D eigenvalue weighted by Crippen LogP contribution is -2.06. The van der Waals surface area contributed by atoms with Gasteiger partial charge in [0.05, 0.1) is 6.10 Å². The van der Waals surface area contributed by atoms with Gasteiger partial charge in [-0.2, -0.15) is 0 Å². The lowest BCUT2D eigenvalue weighted by molar-refractivity contribution is 0.242. The molecule has 0 heterocycles. The van der Waals surface area contributed by atoms with E-state index >= 15 is 0 Å². The van der Waals surface area contributed by atoms with Gasteiger partial charge in [-0.15, -0.1) is 0 Å². The van der Waals surface area contributed by atoms with Crippen molar-refractivity contribution < 1.29 is 4.74 Å². The van der Waals surface area contributed by atoms with Gasteiger partial charge in [-0.1, -0.05) is 19.9 Å². The van der Waals surface area contributed by atoms with E-state index in [9.17, 15) is 0 Å². The predicted molar refractivity (Wildman–Crippen MR) is 61.0 cm³/mol. The van der Waals surface area contributed by atoms with E-state index in [1.807, 2.05) is 13.8 Å². The van der Waals surface area contributed by atoms with Crippen LogP contribution in [0.25, 0.3) is 0 Å². The Labute approximate surface area is 87.1 Å². The van der Waals surface area contributed by atoms with Crippen LogP contribution in [-0.2, 0) is 0 Å². The minimum absolute atomic E-state index is 0.249. The van der Waals surface area contributed by atoms with Crippen LogP contribution in [0.5, 0.6) is 5.75 Å². The summed E-state index contributed by atoms with van der Waals surface area (Å²) in [6.07, 6.45) is 0.249. The minimum Gasteiger partial charge on any atom is -0.491 e. The van der Waals surface area contributed by atoms with Crippen molar-refractivity contribution in [3.63, 3.8) is 0 Å². The van der Waals surface area contributed by atoms with Gasteiger partial charge in [0.1, 0.15) is 5.75 Å². The van der Waals surface area contributed by atoms with E-state index in [4.69, 9.17) is 4.74 Å². The average molecular weight is 192 g/mol. The number of aryl methyl sites for hydroxylation is 1. The van der Waals surface area contributed by atoms with Crippen molar-refractivity contribution in [1.82, 2.24) is 0 Å². The fourth-order valence-electron chi connectivity index (χ4n) is 1.64. The molecule has 78 valence electrons. The summed E-state index contributed by atoms with van der Waals surface area (Å²) in [6.45, 7) is 10.7. The molecule has 0 aliphatic carbocycles. The molecule has 0 aliphatic rings. The van der Waals surface area contributed by atoms with Crippen LogP contribution in [0.4, 0.5) is 0 Å². The van der Waals surface area contributed by atoms with Crippen LogP contribution in [-0.4, -0.2) is 6.10 Å². The highest BCUT2D eigenvalue weighted by Gasteiger charge is 2.05. The van der Waals surface area contributed by atoms with Gasteiger partial charge in [0.2, 0.25) is 0 Å². The van der Waals surface area contributed by atoms with E-state index in [-0.39, 0.29) is 6.10 Å². The summed E-state index contributed by atoms with van der Waals surface area (Å²) in [4.78, 5) is 0. The number of hydrogen-bond acceptors (Lipinski definition) is 1. The van der Waals surface area contributed by atoms with Crippen molar-refractivity contribution >= 4 is 0 Å². The van der Waals surface area contributed by atoms with Crippen LogP contribution in [0, 0.1) is 6.92 Å². The van der Waals surface area contributed by atoms with E-state index in [1.54, 1.807) is 0 Å². The lowest BCUT2D eigenvalue weighted by Gasteiger charge is -2.14. The van der Waals surface area contributed by atoms with Crippen LogP contribution < -0.4 is 4.74 Å². The first-order chi connectivity index (χ1) is 6.50. The first-order valence-corrected chi connectivity index (χ1v) is 5.28. The zero-order chi connectivity index (χ0) is 10.7. The van der Waals surface area contributed by atoms with Crippen LogP contribution in [0.2, 0.25) is 0 Å². The summed E-state index contributed by atoms with van der Waals surface area (Å²) in [6, 6.07) is 6.34. The van der Waals surface area contributed by atoms with Gasteiger partial charge in [-0.25, -0.2) is 0 Å². The maximum atomic E-state index is 5.63. The van der Waals surface area contributed by atoms with Crippen LogP contribution in [0.3, 0.4) is 0 Å². The van der Waals surface area contributed by atoms with Crippen molar-refractivity contribution in [2.45, 2.75) is 46.6 Å². The second-order valence-electron chi connectivity index (χ2n) is 4.34. The van der Waals surface area contributed by atoms with Gasteiger partial charge in [0.25, 0.3) is 0 Å². The highest BCUT2D eigenvalue weighted by atomic mass is 16.5. The molecule has 0 fully saturated rings. The Kier molecular flexibility index (Phi) is 3.56. The summed E-state index contributed by atoms with van der Waals surface area (Å²) in [7, 11) is 0. The number of ether oxygens (including phenoxy) is 1. The molecule has 1 heteroatoms. The van der Waals surface area contributed by atoms with Crippen molar-refractivity contribution in [1.29, 1.82) is 0 Å². The Balaban J connectivity index is 2.89. The van der Waals surface area contributed by atoms with Crippen molar-refractivity contribution in [2.75, 3.05) is 0 Å².